The zero-order valence-corrected chi connectivity index (χ0v) is 19.5. The Morgan fingerprint density at radius 2 is 1.91 bits per heavy atom. The van der Waals surface area contributed by atoms with Gasteiger partial charge in [0.2, 0.25) is 15.9 Å². The number of nitrogens with one attached hydrogen (secondary N) is 1. The Balaban J connectivity index is 1.47. The zero-order valence-electron chi connectivity index (χ0n) is 18.7. The summed E-state index contributed by atoms with van der Waals surface area (Å²) < 4.78 is 48.3. The van der Waals surface area contributed by atoms with E-state index in [1.807, 2.05) is 36.4 Å². The Hall–Kier alpha value is -2.29. The highest BCUT2D eigenvalue weighted by molar-refractivity contribution is 7.88. The van der Waals surface area contributed by atoms with Gasteiger partial charge < -0.3 is 9.64 Å². The maximum atomic E-state index is 15.6. The fourth-order valence-corrected chi connectivity index (χ4v) is 6.14. The lowest BCUT2D eigenvalue weighted by Crippen LogP contribution is -2.50. The maximum Gasteiger partial charge on any atom is 0.225 e. The van der Waals surface area contributed by atoms with Gasteiger partial charge in [-0.2, -0.15) is 0 Å². The molecule has 2 heterocycles. The number of benzene rings is 2. The van der Waals surface area contributed by atoms with Crippen LogP contribution in [-0.4, -0.2) is 56.8 Å². The average Bonchev–Trinajstić information content (AvgIpc) is 3.47. The molecule has 2 aromatic carbocycles. The zero-order chi connectivity index (χ0) is 23.2. The second-order valence-corrected chi connectivity index (χ2v) is 11.4. The number of halogens is 1. The van der Waals surface area contributed by atoms with Crippen LogP contribution in [0.15, 0.2) is 48.5 Å². The highest BCUT2D eigenvalue weighted by Gasteiger charge is 2.61. The van der Waals surface area contributed by atoms with Gasteiger partial charge in [-0.3, -0.25) is 4.79 Å². The van der Waals surface area contributed by atoms with Crippen molar-refractivity contribution in [3.63, 3.8) is 0 Å². The average molecular weight is 473 g/mol. The molecule has 2 aromatic rings. The lowest BCUT2D eigenvalue weighted by Gasteiger charge is -2.32. The van der Waals surface area contributed by atoms with Crippen molar-refractivity contribution in [2.75, 3.05) is 19.4 Å². The molecule has 0 aromatic heterocycles. The second-order valence-electron chi connectivity index (χ2n) is 9.65. The van der Waals surface area contributed by atoms with Crippen molar-refractivity contribution in [1.82, 2.24) is 9.62 Å². The largest absolute Gasteiger partial charge is 0.377 e. The molecule has 3 fully saturated rings. The minimum atomic E-state index is -3.50. The molecule has 0 bridgehead atoms. The first-order chi connectivity index (χ1) is 15.8. The number of likely N-dealkylation sites (tertiary alicyclic amines) is 1. The normalized spacial score (nSPS) is 25.8. The van der Waals surface area contributed by atoms with Gasteiger partial charge in [-0.05, 0) is 36.8 Å². The number of rotatable bonds is 7. The highest BCUT2D eigenvalue weighted by Crippen LogP contribution is 2.55. The van der Waals surface area contributed by atoms with Crippen LogP contribution < -0.4 is 4.72 Å². The number of sulfonamides is 1. The molecule has 1 saturated carbocycles. The SMILES string of the molecule is CS(=O)(=O)N[C@@H]1[C@H](Cc2cccc(-c3ccccc3)c2F)N(C(=O)C[C@@H]2CCO2)CC12CC2. The first kappa shape index (κ1) is 22.5. The third kappa shape index (κ3) is 4.56. The van der Waals surface area contributed by atoms with Crippen LogP contribution in [-0.2, 0) is 26.0 Å². The van der Waals surface area contributed by atoms with E-state index in [9.17, 15) is 13.2 Å². The van der Waals surface area contributed by atoms with Crippen molar-refractivity contribution < 1.29 is 22.3 Å². The van der Waals surface area contributed by atoms with Gasteiger partial charge in [0, 0.05) is 30.2 Å². The van der Waals surface area contributed by atoms with Gasteiger partial charge in [0.1, 0.15) is 5.82 Å². The van der Waals surface area contributed by atoms with Gasteiger partial charge in [-0.1, -0.05) is 48.5 Å². The number of carbonyl (C=O) groups is 1. The predicted molar refractivity (Wildman–Crippen MR) is 123 cm³/mol. The predicted octanol–water partition coefficient (Wildman–Crippen LogP) is 3.12. The number of hydrogen-bond donors (Lipinski definition) is 1. The lowest BCUT2D eigenvalue weighted by molar-refractivity contribution is -0.140. The van der Waals surface area contributed by atoms with E-state index in [1.165, 1.54) is 0 Å². The van der Waals surface area contributed by atoms with E-state index in [0.717, 1.165) is 31.1 Å². The third-order valence-electron chi connectivity index (χ3n) is 7.27. The van der Waals surface area contributed by atoms with Gasteiger partial charge in [0.15, 0.2) is 0 Å². The molecular weight excluding hydrogens is 443 g/mol. The van der Waals surface area contributed by atoms with Crippen LogP contribution >= 0.6 is 0 Å². The van der Waals surface area contributed by atoms with Crippen LogP contribution in [0.2, 0.25) is 0 Å². The molecule has 1 N–H and O–H groups in total. The molecule has 0 radical (unpaired) electrons. The fourth-order valence-electron chi connectivity index (χ4n) is 5.27. The minimum Gasteiger partial charge on any atom is -0.377 e. The number of amides is 1. The van der Waals surface area contributed by atoms with Gasteiger partial charge in [0.05, 0.1) is 24.8 Å². The molecular formula is C25H29FN2O4S. The summed E-state index contributed by atoms with van der Waals surface area (Å²) in [5.74, 6) is -0.373. The van der Waals surface area contributed by atoms with Crippen LogP contribution in [0.3, 0.4) is 0 Å². The van der Waals surface area contributed by atoms with Gasteiger partial charge in [-0.15, -0.1) is 0 Å². The van der Waals surface area contributed by atoms with E-state index in [-0.39, 0.29) is 36.1 Å². The molecule has 176 valence electrons. The van der Waals surface area contributed by atoms with E-state index in [0.29, 0.717) is 24.3 Å². The van der Waals surface area contributed by atoms with Crippen molar-refractivity contribution in [3.8, 4) is 11.1 Å². The molecule has 5 rings (SSSR count). The third-order valence-corrected chi connectivity index (χ3v) is 7.95. The molecule has 2 saturated heterocycles. The Bertz CT molecular complexity index is 1150. The molecule has 1 spiro atoms. The van der Waals surface area contributed by atoms with Gasteiger partial charge in [0.25, 0.3) is 0 Å². The Labute approximate surface area is 194 Å². The van der Waals surface area contributed by atoms with Crippen LogP contribution in [0, 0.1) is 11.2 Å². The summed E-state index contributed by atoms with van der Waals surface area (Å²) in [7, 11) is -3.50. The van der Waals surface area contributed by atoms with E-state index in [2.05, 4.69) is 4.72 Å². The minimum absolute atomic E-state index is 0.0478. The lowest BCUT2D eigenvalue weighted by atomic mass is 9.91. The summed E-state index contributed by atoms with van der Waals surface area (Å²) in [4.78, 5) is 15.0. The molecule has 33 heavy (non-hydrogen) atoms. The molecule has 2 aliphatic heterocycles. The second kappa shape index (κ2) is 8.49. The van der Waals surface area contributed by atoms with Crippen LogP contribution in [0.25, 0.3) is 11.1 Å². The van der Waals surface area contributed by atoms with Crippen molar-refractivity contribution in [1.29, 1.82) is 0 Å². The fraction of sp³-hybridized carbons (Fsp3) is 0.480. The quantitative estimate of drug-likeness (QED) is 0.672. The summed E-state index contributed by atoms with van der Waals surface area (Å²) in [6.07, 6.45) is 4.16. The van der Waals surface area contributed by atoms with E-state index < -0.39 is 22.1 Å². The van der Waals surface area contributed by atoms with Crippen molar-refractivity contribution >= 4 is 15.9 Å². The van der Waals surface area contributed by atoms with Crippen molar-refractivity contribution in [2.24, 2.45) is 5.41 Å². The molecule has 6 nitrogen and oxygen atoms in total. The Morgan fingerprint density at radius 3 is 2.52 bits per heavy atom. The van der Waals surface area contributed by atoms with E-state index >= 15 is 4.39 Å². The van der Waals surface area contributed by atoms with Crippen molar-refractivity contribution in [3.05, 3.63) is 59.9 Å². The first-order valence-corrected chi connectivity index (χ1v) is 13.4. The molecule has 8 heteroatoms. The maximum absolute atomic E-state index is 15.6. The molecule has 1 amide bonds. The first-order valence-electron chi connectivity index (χ1n) is 11.5. The standard InChI is InChI=1S/C25H29FN2O4S/c1-33(30,31)27-24-21(28(16-25(24)11-12-25)22(29)15-19-10-13-32-19)14-18-8-5-9-20(23(18)26)17-6-3-2-4-7-17/h2-9,19,21,24,27H,10-16H2,1H3/t19-,21-,24+/m0/s1. The summed E-state index contributed by atoms with van der Waals surface area (Å²) in [5, 5.41) is 0. The topological polar surface area (TPSA) is 75.7 Å². The van der Waals surface area contributed by atoms with Crippen molar-refractivity contribution in [2.45, 2.75) is 50.3 Å². The highest BCUT2D eigenvalue weighted by atomic mass is 32.2. The number of ether oxygens (including phenoxy) is 1. The molecule has 1 aliphatic carbocycles. The van der Waals surface area contributed by atoms with Crippen LogP contribution in [0.4, 0.5) is 4.39 Å². The smallest absolute Gasteiger partial charge is 0.225 e. The van der Waals surface area contributed by atoms with Gasteiger partial charge >= 0.3 is 0 Å². The summed E-state index contributed by atoms with van der Waals surface area (Å²) >= 11 is 0. The summed E-state index contributed by atoms with van der Waals surface area (Å²) in [6.45, 7) is 1.16. The van der Waals surface area contributed by atoms with E-state index in [4.69, 9.17) is 4.74 Å². The Morgan fingerprint density at radius 1 is 1.18 bits per heavy atom. The monoisotopic (exact) mass is 472 g/mol. The molecule has 0 unspecified atom stereocenters. The number of hydrogen-bond acceptors (Lipinski definition) is 4. The van der Waals surface area contributed by atoms with Crippen LogP contribution in [0.1, 0.15) is 31.2 Å². The summed E-state index contributed by atoms with van der Waals surface area (Å²) in [5.41, 5.74) is 1.50. The summed E-state index contributed by atoms with van der Waals surface area (Å²) in [6, 6.07) is 13.7. The van der Waals surface area contributed by atoms with Crippen LogP contribution in [0.5, 0.6) is 0 Å². The van der Waals surface area contributed by atoms with Gasteiger partial charge in [-0.25, -0.2) is 17.5 Å². The number of nitrogens with zero attached hydrogens (tertiary/aromatic N) is 1. The molecule has 3 atom stereocenters. The van der Waals surface area contributed by atoms with E-state index in [1.54, 1.807) is 17.0 Å². The molecule has 3 aliphatic rings. The number of carbonyl (C=O) groups excluding carboxylic acids is 1. The Kier molecular flexibility index (Phi) is 5.79.